The van der Waals surface area contributed by atoms with Gasteiger partial charge in [-0.2, -0.15) is 8.42 Å². The molecule has 0 radical (unpaired) electrons. The summed E-state index contributed by atoms with van der Waals surface area (Å²) in [6.07, 6.45) is 0.991. The van der Waals surface area contributed by atoms with Crippen LogP contribution in [0.5, 0.6) is 0 Å². The molecule has 0 saturated carbocycles. The maximum atomic E-state index is 12.4. The fourth-order valence-electron chi connectivity index (χ4n) is 2.20. The largest absolute Gasteiger partial charge is 1.00 e. The summed E-state index contributed by atoms with van der Waals surface area (Å²) in [6.45, 7) is 2.14. The molecule has 0 aromatic heterocycles. The van der Waals surface area contributed by atoms with E-state index in [0.29, 0.717) is 6.42 Å². The number of urea groups is 1. The molecule has 1 heterocycles. The zero-order valence-corrected chi connectivity index (χ0v) is 16.2. The fraction of sp³-hybridized carbons (Fsp3) is 0.357. The number of imide groups is 2. The van der Waals surface area contributed by atoms with Crippen LogP contribution < -0.4 is 34.5 Å². The molecule has 0 atom stereocenters. The van der Waals surface area contributed by atoms with Crippen molar-refractivity contribution in [2.24, 2.45) is 0 Å². The number of unbranched alkanes of at least 4 members (excludes halogenated alkanes) is 1. The van der Waals surface area contributed by atoms with Crippen LogP contribution in [-0.4, -0.2) is 42.3 Å². The number of hydrogen-bond acceptors (Lipinski definition) is 5. The summed E-state index contributed by atoms with van der Waals surface area (Å²) in [5.41, 5.74) is 0.140. The van der Waals surface area contributed by atoms with Crippen LogP contribution in [0.2, 0.25) is 0 Å². The predicted molar refractivity (Wildman–Crippen MR) is 81.5 cm³/mol. The topological polar surface area (TPSA) is 112 Å². The van der Waals surface area contributed by atoms with Crippen LogP contribution in [0.25, 0.3) is 0 Å². The van der Waals surface area contributed by atoms with Crippen LogP contribution >= 0.6 is 0 Å². The third kappa shape index (κ3) is 4.42. The van der Waals surface area contributed by atoms with Crippen LogP contribution in [0.4, 0.5) is 10.5 Å². The van der Waals surface area contributed by atoms with Gasteiger partial charge in [-0.15, -0.1) is 0 Å². The number of hydrogen-bond donors (Lipinski definition) is 1. The summed E-state index contributed by atoms with van der Waals surface area (Å²) in [5, 5.41) is 0. The molecular weight excluding hydrogens is 347 g/mol. The first-order chi connectivity index (χ1) is 10.8. The predicted octanol–water partition coefficient (Wildman–Crippen LogP) is -1.46. The van der Waals surface area contributed by atoms with Crippen molar-refractivity contribution in [3.63, 3.8) is 0 Å². The smallest absolute Gasteiger partial charge is 1.00 e. The summed E-state index contributed by atoms with van der Waals surface area (Å²) in [7, 11) is -4.36. The molecule has 2 rings (SSSR count). The van der Waals surface area contributed by atoms with Gasteiger partial charge in [0.05, 0.1) is 10.6 Å². The van der Waals surface area contributed by atoms with Crippen molar-refractivity contribution in [2.75, 3.05) is 11.4 Å². The molecule has 10 heteroatoms. The molecule has 24 heavy (non-hydrogen) atoms. The van der Waals surface area contributed by atoms with Gasteiger partial charge in [0.15, 0.2) is 0 Å². The van der Waals surface area contributed by atoms with E-state index in [2.05, 4.69) is 0 Å². The van der Waals surface area contributed by atoms with E-state index in [1.807, 2.05) is 6.92 Å². The Hall–Kier alpha value is -1.26. The van der Waals surface area contributed by atoms with E-state index < -0.39 is 34.4 Å². The summed E-state index contributed by atoms with van der Waals surface area (Å²) in [4.78, 5) is 37.7. The van der Waals surface area contributed by atoms with Gasteiger partial charge in [0.2, 0.25) is 11.8 Å². The van der Waals surface area contributed by atoms with Crippen molar-refractivity contribution in [3.8, 4) is 0 Å². The van der Waals surface area contributed by atoms with E-state index in [1.54, 1.807) is 0 Å². The molecule has 4 amide bonds. The molecule has 1 aromatic rings. The van der Waals surface area contributed by atoms with Gasteiger partial charge in [-0.25, -0.2) is 9.69 Å². The Kier molecular flexibility index (Phi) is 7.11. The molecule has 0 aliphatic carbocycles. The van der Waals surface area contributed by atoms with Crippen LogP contribution in [-0.2, 0) is 19.7 Å². The Labute approximate surface area is 163 Å². The number of amides is 4. The molecule has 0 bridgehead atoms. The van der Waals surface area contributed by atoms with Gasteiger partial charge in [-0.3, -0.25) is 19.0 Å². The van der Waals surface area contributed by atoms with Gasteiger partial charge in [0.25, 0.3) is 10.1 Å². The zero-order valence-electron chi connectivity index (χ0n) is 14.4. The van der Waals surface area contributed by atoms with Crippen LogP contribution in [0.1, 0.15) is 27.6 Å². The van der Waals surface area contributed by atoms with E-state index in [0.717, 1.165) is 28.4 Å². The molecule has 1 N–H and O–H groups in total. The van der Waals surface area contributed by atoms with Crippen molar-refractivity contribution in [1.29, 1.82) is 0 Å². The van der Waals surface area contributed by atoms with Gasteiger partial charge >= 0.3 is 35.6 Å². The number of barbiturate groups is 1. The SMILES string of the molecule is CCCCN1C(=O)CC(=O)N(c2ccc(S(=O)(=O)O)cc2)C1=O.[H-].[Na+]. The summed E-state index contributed by atoms with van der Waals surface area (Å²) >= 11 is 0. The Morgan fingerprint density at radius 1 is 1.12 bits per heavy atom. The molecule has 1 aliphatic rings. The maximum absolute atomic E-state index is 12.4. The Balaban J connectivity index is 0.00000288. The van der Waals surface area contributed by atoms with Crippen molar-refractivity contribution < 1.29 is 58.3 Å². The second-order valence-corrected chi connectivity index (χ2v) is 6.48. The molecule has 1 fully saturated rings. The molecular formula is C14H17N2NaO6S. The van der Waals surface area contributed by atoms with Gasteiger partial charge in [0, 0.05) is 6.54 Å². The van der Waals surface area contributed by atoms with Crippen LogP contribution in [0.15, 0.2) is 29.2 Å². The van der Waals surface area contributed by atoms with E-state index in [1.165, 1.54) is 12.1 Å². The summed E-state index contributed by atoms with van der Waals surface area (Å²) < 4.78 is 31.0. The number of benzene rings is 1. The molecule has 0 spiro atoms. The monoisotopic (exact) mass is 364 g/mol. The average Bonchev–Trinajstić information content (AvgIpc) is 2.46. The maximum Gasteiger partial charge on any atom is 1.00 e. The summed E-state index contributed by atoms with van der Waals surface area (Å²) in [6, 6.07) is 3.87. The molecule has 1 aromatic carbocycles. The third-order valence-corrected chi connectivity index (χ3v) is 4.27. The third-order valence-electron chi connectivity index (χ3n) is 3.40. The standard InChI is InChI=1S/C14H16N2O6S.Na.H/c1-2-3-8-15-12(17)9-13(18)16(14(15)19)10-4-6-11(7-5-10)23(20,21)22;;/h4-7H,2-3,8-9H2,1H3,(H,20,21,22);;/q;+1;-1. The van der Waals surface area contributed by atoms with Crippen molar-refractivity contribution in [1.82, 2.24) is 4.90 Å². The number of carbonyl (C=O) groups is 3. The minimum Gasteiger partial charge on any atom is -1.00 e. The molecule has 0 unspecified atom stereocenters. The first kappa shape index (κ1) is 20.8. The van der Waals surface area contributed by atoms with E-state index in [9.17, 15) is 22.8 Å². The quantitative estimate of drug-likeness (QED) is 0.388. The zero-order chi connectivity index (χ0) is 17.2. The van der Waals surface area contributed by atoms with Gasteiger partial charge < -0.3 is 1.43 Å². The number of carbonyl (C=O) groups excluding carboxylic acids is 3. The Morgan fingerprint density at radius 3 is 2.21 bits per heavy atom. The molecule has 1 saturated heterocycles. The summed E-state index contributed by atoms with van der Waals surface area (Å²) in [5.74, 6) is -1.22. The fourth-order valence-corrected chi connectivity index (χ4v) is 2.68. The second kappa shape index (κ2) is 8.21. The average molecular weight is 364 g/mol. The Morgan fingerprint density at radius 2 is 1.71 bits per heavy atom. The van der Waals surface area contributed by atoms with Gasteiger partial charge in [-0.1, -0.05) is 13.3 Å². The first-order valence-corrected chi connectivity index (χ1v) is 8.44. The first-order valence-electron chi connectivity index (χ1n) is 7.00. The van der Waals surface area contributed by atoms with E-state index in [-0.39, 0.29) is 48.1 Å². The van der Waals surface area contributed by atoms with Crippen molar-refractivity contribution >= 4 is 33.7 Å². The minimum atomic E-state index is -4.36. The molecule has 8 nitrogen and oxygen atoms in total. The molecule has 126 valence electrons. The van der Waals surface area contributed by atoms with Gasteiger partial charge in [-0.05, 0) is 30.7 Å². The van der Waals surface area contributed by atoms with Crippen LogP contribution in [0, 0.1) is 0 Å². The van der Waals surface area contributed by atoms with E-state index >= 15 is 0 Å². The minimum absolute atomic E-state index is 0. The van der Waals surface area contributed by atoms with Crippen LogP contribution in [0.3, 0.4) is 0 Å². The van der Waals surface area contributed by atoms with Gasteiger partial charge in [0.1, 0.15) is 6.42 Å². The molecule has 1 aliphatic heterocycles. The number of anilines is 1. The number of rotatable bonds is 5. The van der Waals surface area contributed by atoms with Crippen molar-refractivity contribution in [2.45, 2.75) is 31.1 Å². The normalized spacial score (nSPS) is 15.5. The Bertz CT molecular complexity index is 753. The van der Waals surface area contributed by atoms with E-state index in [4.69, 9.17) is 4.55 Å². The number of nitrogens with zero attached hydrogens (tertiary/aromatic N) is 2. The second-order valence-electron chi connectivity index (χ2n) is 5.06. The van der Waals surface area contributed by atoms with Crippen molar-refractivity contribution in [3.05, 3.63) is 24.3 Å².